The largest absolute Gasteiger partial charge is 0.386 e. The fourth-order valence-electron chi connectivity index (χ4n) is 1.84. The van der Waals surface area contributed by atoms with Crippen molar-refractivity contribution in [3.8, 4) is 0 Å². The van der Waals surface area contributed by atoms with E-state index >= 15 is 0 Å². The molecule has 0 spiro atoms. The van der Waals surface area contributed by atoms with Crippen molar-refractivity contribution < 1.29 is 5.11 Å². The summed E-state index contributed by atoms with van der Waals surface area (Å²) in [7, 11) is 0. The monoisotopic (exact) mass is 305 g/mol. The first-order valence-corrected chi connectivity index (χ1v) is 6.71. The van der Waals surface area contributed by atoms with Gasteiger partial charge >= 0.3 is 0 Å². The van der Waals surface area contributed by atoms with E-state index in [1.807, 2.05) is 12.1 Å². The highest BCUT2D eigenvalue weighted by molar-refractivity contribution is 9.10. The van der Waals surface area contributed by atoms with Gasteiger partial charge in [0.15, 0.2) is 0 Å². The molecular weight excluding hydrogens is 290 g/mol. The maximum absolute atomic E-state index is 10.1. The third-order valence-corrected chi connectivity index (χ3v) is 3.56. The maximum Gasteiger partial charge on any atom is 0.0999 e. The van der Waals surface area contributed by atoms with Crippen LogP contribution >= 0.6 is 15.9 Å². The van der Waals surface area contributed by atoms with Crippen LogP contribution < -0.4 is 0 Å². The third-order valence-electron chi connectivity index (χ3n) is 3.09. The second-order valence-electron chi connectivity index (χ2n) is 4.54. The van der Waals surface area contributed by atoms with E-state index in [0.29, 0.717) is 12.1 Å². The van der Waals surface area contributed by atoms with Crippen LogP contribution in [0.25, 0.3) is 0 Å². The summed E-state index contributed by atoms with van der Waals surface area (Å²) in [6, 6.07) is 10.0. The fourth-order valence-corrected chi connectivity index (χ4v) is 2.08. The number of aliphatic hydroxyl groups excluding tert-OH is 1. The van der Waals surface area contributed by atoms with Crippen molar-refractivity contribution in [2.45, 2.75) is 26.4 Å². The lowest BCUT2D eigenvalue weighted by atomic mass is 10.0. The number of nitrogens with zero attached hydrogens (tertiary/aromatic N) is 1. The molecule has 1 N–H and O–H groups in total. The Hall–Kier alpha value is -1.19. The molecule has 0 aliphatic carbocycles. The van der Waals surface area contributed by atoms with Gasteiger partial charge < -0.3 is 5.11 Å². The Balaban J connectivity index is 2.13. The predicted molar refractivity (Wildman–Crippen MR) is 76.5 cm³/mol. The Labute approximate surface area is 116 Å². The Morgan fingerprint density at radius 1 is 1.17 bits per heavy atom. The Bertz CT molecular complexity index is 537. The van der Waals surface area contributed by atoms with Gasteiger partial charge in [-0.15, -0.1) is 0 Å². The summed E-state index contributed by atoms with van der Waals surface area (Å²) in [5, 5.41) is 10.1. The number of pyridine rings is 1. The number of aryl methyl sites for hydroxylation is 2. The normalized spacial score (nSPS) is 12.4. The van der Waals surface area contributed by atoms with Crippen molar-refractivity contribution in [3.05, 3.63) is 63.4 Å². The molecule has 1 aromatic heterocycles. The van der Waals surface area contributed by atoms with Gasteiger partial charge in [-0.2, -0.15) is 0 Å². The average molecular weight is 306 g/mol. The quantitative estimate of drug-likeness (QED) is 0.937. The molecule has 0 bridgehead atoms. The summed E-state index contributed by atoms with van der Waals surface area (Å²) >= 11 is 3.33. The summed E-state index contributed by atoms with van der Waals surface area (Å²) in [5.41, 5.74) is 4.37. The maximum atomic E-state index is 10.1. The minimum atomic E-state index is -0.555. The molecule has 1 unspecified atom stereocenters. The molecule has 1 heterocycles. The molecule has 0 radical (unpaired) electrons. The Morgan fingerprint density at radius 2 is 1.94 bits per heavy atom. The number of aliphatic hydroxyl groups is 1. The zero-order valence-corrected chi connectivity index (χ0v) is 12.1. The van der Waals surface area contributed by atoms with Crippen LogP contribution in [0.3, 0.4) is 0 Å². The number of benzene rings is 1. The summed E-state index contributed by atoms with van der Waals surface area (Å²) < 4.78 is 0.921. The second kappa shape index (κ2) is 5.63. The summed E-state index contributed by atoms with van der Waals surface area (Å²) in [6.07, 6.45) is 1.74. The molecule has 1 atom stereocenters. The van der Waals surface area contributed by atoms with Gasteiger partial charge in [0.1, 0.15) is 0 Å². The van der Waals surface area contributed by atoms with E-state index in [4.69, 9.17) is 0 Å². The number of rotatable bonds is 3. The standard InChI is InChI=1S/C15H16BrNO/c1-10-3-4-12(7-11(10)2)8-15(18)14-6-5-13(16)9-17-14/h3-7,9,15,18H,8H2,1-2H3. The van der Waals surface area contributed by atoms with Crippen LogP contribution in [0.1, 0.15) is 28.5 Å². The van der Waals surface area contributed by atoms with Crippen molar-refractivity contribution in [1.29, 1.82) is 0 Å². The van der Waals surface area contributed by atoms with Gasteiger partial charge in [0.25, 0.3) is 0 Å². The van der Waals surface area contributed by atoms with Gasteiger partial charge in [-0.1, -0.05) is 18.2 Å². The molecule has 18 heavy (non-hydrogen) atoms. The molecule has 0 aliphatic heterocycles. The van der Waals surface area contributed by atoms with E-state index in [-0.39, 0.29) is 0 Å². The highest BCUT2D eigenvalue weighted by atomic mass is 79.9. The number of hydrogen-bond acceptors (Lipinski definition) is 2. The minimum absolute atomic E-state index is 0.555. The molecular formula is C15H16BrNO. The highest BCUT2D eigenvalue weighted by Gasteiger charge is 2.10. The molecule has 0 amide bonds. The van der Waals surface area contributed by atoms with Crippen LogP contribution in [0.15, 0.2) is 41.0 Å². The predicted octanol–water partition coefficient (Wildman–Crippen LogP) is 3.74. The molecule has 0 saturated heterocycles. The first-order chi connectivity index (χ1) is 8.56. The van der Waals surface area contributed by atoms with Gasteiger partial charge in [0.05, 0.1) is 11.8 Å². The van der Waals surface area contributed by atoms with Crippen molar-refractivity contribution in [1.82, 2.24) is 4.98 Å². The van der Waals surface area contributed by atoms with Crippen LogP contribution in [0.4, 0.5) is 0 Å². The van der Waals surface area contributed by atoms with Crippen LogP contribution in [0.5, 0.6) is 0 Å². The Morgan fingerprint density at radius 3 is 2.56 bits per heavy atom. The van der Waals surface area contributed by atoms with E-state index in [2.05, 4.69) is 53.0 Å². The van der Waals surface area contributed by atoms with E-state index in [1.54, 1.807) is 6.20 Å². The van der Waals surface area contributed by atoms with Crippen LogP contribution in [-0.4, -0.2) is 10.1 Å². The zero-order valence-electron chi connectivity index (χ0n) is 10.5. The molecule has 94 valence electrons. The first kappa shape index (κ1) is 13.2. The van der Waals surface area contributed by atoms with E-state index in [9.17, 15) is 5.11 Å². The second-order valence-corrected chi connectivity index (χ2v) is 5.46. The smallest absolute Gasteiger partial charge is 0.0999 e. The van der Waals surface area contributed by atoms with Gasteiger partial charge in [0.2, 0.25) is 0 Å². The van der Waals surface area contributed by atoms with Crippen LogP contribution in [0.2, 0.25) is 0 Å². The summed E-state index contributed by atoms with van der Waals surface area (Å²) in [6.45, 7) is 4.18. The molecule has 2 rings (SSSR count). The molecule has 0 saturated carbocycles. The topological polar surface area (TPSA) is 33.1 Å². The van der Waals surface area contributed by atoms with E-state index in [1.165, 1.54) is 11.1 Å². The highest BCUT2D eigenvalue weighted by Crippen LogP contribution is 2.19. The third kappa shape index (κ3) is 3.18. The summed E-state index contributed by atoms with van der Waals surface area (Å²) in [4.78, 5) is 4.22. The van der Waals surface area contributed by atoms with Crippen LogP contribution in [0, 0.1) is 13.8 Å². The fraction of sp³-hybridized carbons (Fsp3) is 0.267. The molecule has 2 nitrogen and oxygen atoms in total. The lowest BCUT2D eigenvalue weighted by Crippen LogP contribution is -2.04. The number of hydrogen-bond donors (Lipinski definition) is 1. The van der Waals surface area contributed by atoms with E-state index < -0.39 is 6.10 Å². The lowest BCUT2D eigenvalue weighted by molar-refractivity contribution is 0.173. The van der Waals surface area contributed by atoms with Gasteiger partial charge in [-0.3, -0.25) is 4.98 Å². The number of aromatic nitrogens is 1. The molecule has 0 fully saturated rings. The van der Waals surface area contributed by atoms with Gasteiger partial charge in [0, 0.05) is 17.1 Å². The molecule has 2 aromatic rings. The van der Waals surface area contributed by atoms with Gasteiger partial charge in [-0.05, 0) is 58.6 Å². The van der Waals surface area contributed by atoms with Gasteiger partial charge in [-0.25, -0.2) is 0 Å². The lowest BCUT2D eigenvalue weighted by Gasteiger charge is -2.11. The zero-order chi connectivity index (χ0) is 13.1. The SMILES string of the molecule is Cc1ccc(CC(O)c2ccc(Br)cn2)cc1C. The number of halogens is 1. The van der Waals surface area contributed by atoms with Crippen molar-refractivity contribution in [2.75, 3.05) is 0 Å². The molecule has 0 aliphatic rings. The Kier molecular flexibility index (Phi) is 4.15. The first-order valence-electron chi connectivity index (χ1n) is 5.92. The average Bonchev–Trinajstić information content (AvgIpc) is 2.34. The van der Waals surface area contributed by atoms with Crippen molar-refractivity contribution in [3.63, 3.8) is 0 Å². The minimum Gasteiger partial charge on any atom is -0.386 e. The summed E-state index contributed by atoms with van der Waals surface area (Å²) in [5.74, 6) is 0. The van der Waals surface area contributed by atoms with Crippen molar-refractivity contribution in [2.24, 2.45) is 0 Å². The molecule has 3 heteroatoms. The van der Waals surface area contributed by atoms with Crippen LogP contribution in [-0.2, 0) is 6.42 Å². The van der Waals surface area contributed by atoms with E-state index in [0.717, 1.165) is 10.0 Å². The van der Waals surface area contributed by atoms with Crippen molar-refractivity contribution >= 4 is 15.9 Å². The molecule has 1 aromatic carbocycles.